The van der Waals surface area contributed by atoms with Crippen molar-refractivity contribution in [3.63, 3.8) is 0 Å². The van der Waals surface area contributed by atoms with E-state index >= 15 is 0 Å². The summed E-state index contributed by atoms with van der Waals surface area (Å²) < 4.78 is 27.0. The molecular formula is C15H11F2NO3. The van der Waals surface area contributed by atoms with Gasteiger partial charge in [-0.3, -0.25) is 4.79 Å². The minimum Gasteiger partial charge on any atom is -0.478 e. The largest absolute Gasteiger partial charge is 0.478 e. The number of carboxylic acid groups (broad SMARTS) is 1. The molecule has 2 aromatic rings. The van der Waals surface area contributed by atoms with Crippen molar-refractivity contribution in [1.29, 1.82) is 0 Å². The van der Waals surface area contributed by atoms with Crippen molar-refractivity contribution in [3.05, 3.63) is 64.7 Å². The van der Waals surface area contributed by atoms with E-state index in [1.807, 2.05) is 0 Å². The van der Waals surface area contributed by atoms with Crippen molar-refractivity contribution in [3.8, 4) is 0 Å². The number of carbonyl (C=O) groups excluding carboxylic acids is 1. The Bertz CT molecular complexity index is 729. The minimum atomic E-state index is -1.32. The van der Waals surface area contributed by atoms with Crippen molar-refractivity contribution in [2.45, 2.75) is 6.92 Å². The number of nitrogens with one attached hydrogen (secondary N) is 1. The van der Waals surface area contributed by atoms with Gasteiger partial charge in [0.15, 0.2) is 0 Å². The summed E-state index contributed by atoms with van der Waals surface area (Å²) in [5.41, 5.74) is -0.470. The van der Waals surface area contributed by atoms with Gasteiger partial charge in [-0.25, -0.2) is 13.6 Å². The number of carboxylic acids is 1. The lowest BCUT2D eigenvalue weighted by Gasteiger charge is -2.10. The first-order valence-electron chi connectivity index (χ1n) is 5.99. The predicted molar refractivity (Wildman–Crippen MR) is 72.4 cm³/mol. The SMILES string of the molecule is Cc1cccc(C(=O)Nc2cc(F)ccc2C(=O)O)c1F. The maximum atomic E-state index is 13.8. The summed E-state index contributed by atoms with van der Waals surface area (Å²) in [6.45, 7) is 1.50. The molecule has 4 nitrogen and oxygen atoms in total. The number of amides is 1. The van der Waals surface area contributed by atoms with Crippen LogP contribution in [-0.4, -0.2) is 17.0 Å². The van der Waals surface area contributed by atoms with Crippen LogP contribution in [0.4, 0.5) is 14.5 Å². The van der Waals surface area contributed by atoms with Crippen LogP contribution in [-0.2, 0) is 0 Å². The molecule has 0 atom stereocenters. The van der Waals surface area contributed by atoms with Gasteiger partial charge in [-0.2, -0.15) is 0 Å². The number of rotatable bonds is 3. The first-order valence-corrected chi connectivity index (χ1v) is 5.99. The Balaban J connectivity index is 2.38. The molecule has 0 saturated carbocycles. The van der Waals surface area contributed by atoms with Crippen LogP contribution in [0.2, 0.25) is 0 Å². The van der Waals surface area contributed by atoms with Crippen LogP contribution in [0.3, 0.4) is 0 Å². The molecule has 0 aliphatic heterocycles. The number of hydrogen-bond acceptors (Lipinski definition) is 2. The van der Waals surface area contributed by atoms with E-state index in [1.165, 1.54) is 25.1 Å². The second kappa shape index (κ2) is 5.70. The summed E-state index contributed by atoms with van der Waals surface area (Å²) in [6, 6.07) is 7.12. The number of hydrogen-bond donors (Lipinski definition) is 2. The van der Waals surface area contributed by atoms with E-state index in [2.05, 4.69) is 5.32 Å². The second-order valence-corrected chi connectivity index (χ2v) is 4.39. The minimum absolute atomic E-state index is 0.228. The van der Waals surface area contributed by atoms with Gasteiger partial charge in [-0.1, -0.05) is 12.1 Å². The lowest BCUT2D eigenvalue weighted by Crippen LogP contribution is -2.16. The Morgan fingerprint density at radius 1 is 1.10 bits per heavy atom. The summed E-state index contributed by atoms with van der Waals surface area (Å²) >= 11 is 0. The zero-order valence-electron chi connectivity index (χ0n) is 11.0. The van der Waals surface area contributed by atoms with Crippen molar-refractivity contribution in [2.75, 3.05) is 5.32 Å². The number of carbonyl (C=O) groups is 2. The Labute approximate surface area is 119 Å². The summed E-state index contributed by atoms with van der Waals surface area (Å²) in [6.07, 6.45) is 0. The molecule has 0 bridgehead atoms. The third kappa shape index (κ3) is 3.05. The average molecular weight is 291 g/mol. The molecule has 2 rings (SSSR count). The van der Waals surface area contributed by atoms with E-state index in [-0.39, 0.29) is 22.4 Å². The van der Waals surface area contributed by atoms with Crippen molar-refractivity contribution in [2.24, 2.45) is 0 Å². The van der Waals surface area contributed by atoms with Gasteiger partial charge in [-0.15, -0.1) is 0 Å². The Kier molecular flexibility index (Phi) is 3.98. The normalized spacial score (nSPS) is 10.2. The molecule has 0 spiro atoms. The molecule has 0 radical (unpaired) electrons. The standard InChI is InChI=1S/C15H11F2NO3/c1-8-3-2-4-11(13(8)17)14(19)18-12-7-9(16)5-6-10(12)15(20)21/h2-7H,1H3,(H,18,19)(H,20,21). The monoisotopic (exact) mass is 291 g/mol. The number of aromatic carboxylic acids is 1. The van der Waals surface area contributed by atoms with E-state index in [1.54, 1.807) is 0 Å². The molecule has 1 amide bonds. The van der Waals surface area contributed by atoms with Crippen LogP contribution >= 0.6 is 0 Å². The Morgan fingerprint density at radius 3 is 2.48 bits per heavy atom. The fraction of sp³-hybridized carbons (Fsp3) is 0.0667. The molecule has 0 aliphatic carbocycles. The van der Waals surface area contributed by atoms with Crippen LogP contribution in [0.15, 0.2) is 36.4 Å². The van der Waals surface area contributed by atoms with Crippen LogP contribution < -0.4 is 5.32 Å². The smallest absolute Gasteiger partial charge is 0.337 e. The van der Waals surface area contributed by atoms with Gasteiger partial charge in [-0.05, 0) is 36.8 Å². The highest BCUT2D eigenvalue weighted by atomic mass is 19.1. The summed E-state index contributed by atoms with van der Waals surface area (Å²) in [7, 11) is 0. The van der Waals surface area contributed by atoms with Crippen molar-refractivity contribution >= 4 is 17.6 Å². The van der Waals surface area contributed by atoms with Gasteiger partial charge in [0.05, 0.1) is 16.8 Å². The van der Waals surface area contributed by atoms with E-state index in [0.29, 0.717) is 0 Å². The van der Waals surface area contributed by atoms with Gasteiger partial charge < -0.3 is 10.4 Å². The summed E-state index contributed by atoms with van der Waals surface area (Å²) in [4.78, 5) is 23.0. The maximum Gasteiger partial charge on any atom is 0.337 e. The topological polar surface area (TPSA) is 66.4 Å². The molecule has 2 aromatic carbocycles. The highest BCUT2D eigenvalue weighted by Gasteiger charge is 2.17. The van der Waals surface area contributed by atoms with Gasteiger partial charge in [0.25, 0.3) is 5.91 Å². The Morgan fingerprint density at radius 2 is 1.81 bits per heavy atom. The van der Waals surface area contributed by atoms with Gasteiger partial charge in [0.1, 0.15) is 11.6 Å². The molecule has 0 unspecified atom stereocenters. The quantitative estimate of drug-likeness (QED) is 0.912. The molecule has 0 aromatic heterocycles. The second-order valence-electron chi connectivity index (χ2n) is 4.39. The third-order valence-electron chi connectivity index (χ3n) is 2.90. The van der Waals surface area contributed by atoms with E-state index in [4.69, 9.17) is 5.11 Å². The molecule has 0 aliphatic rings. The summed E-state index contributed by atoms with van der Waals surface area (Å²) in [5, 5.41) is 11.2. The molecule has 0 fully saturated rings. The van der Waals surface area contributed by atoms with Crippen LogP contribution in [0.1, 0.15) is 26.3 Å². The number of aryl methyl sites for hydroxylation is 1. The fourth-order valence-corrected chi connectivity index (χ4v) is 1.82. The van der Waals surface area contributed by atoms with Gasteiger partial charge in [0, 0.05) is 0 Å². The van der Waals surface area contributed by atoms with Crippen LogP contribution in [0.25, 0.3) is 0 Å². The zero-order valence-corrected chi connectivity index (χ0v) is 11.0. The van der Waals surface area contributed by atoms with Crippen LogP contribution in [0.5, 0.6) is 0 Å². The van der Waals surface area contributed by atoms with Crippen molar-refractivity contribution in [1.82, 2.24) is 0 Å². The van der Waals surface area contributed by atoms with Crippen LogP contribution in [0, 0.1) is 18.6 Å². The summed E-state index contributed by atoms with van der Waals surface area (Å²) in [5.74, 6) is -3.58. The van der Waals surface area contributed by atoms with Crippen molar-refractivity contribution < 1.29 is 23.5 Å². The molecule has 0 saturated heterocycles. The first kappa shape index (κ1) is 14.6. The number of benzene rings is 2. The molecule has 2 N–H and O–H groups in total. The zero-order chi connectivity index (χ0) is 15.6. The van der Waals surface area contributed by atoms with Gasteiger partial charge >= 0.3 is 5.97 Å². The predicted octanol–water partition coefficient (Wildman–Crippen LogP) is 3.22. The highest BCUT2D eigenvalue weighted by molar-refractivity contribution is 6.07. The van der Waals surface area contributed by atoms with E-state index in [0.717, 1.165) is 18.2 Å². The lowest BCUT2D eigenvalue weighted by atomic mass is 10.1. The fourth-order valence-electron chi connectivity index (χ4n) is 1.82. The highest BCUT2D eigenvalue weighted by Crippen LogP contribution is 2.20. The molecule has 0 heterocycles. The molecule has 108 valence electrons. The lowest BCUT2D eigenvalue weighted by molar-refractivity contribution is 0.0698. The first-order chi connectivity index (χ1) is 9.90. The maximum absolute atomic E-state index is 13.8. The molecule has 6 heteroatoms. The van der Waals surface area contributed by atoms with Gasteiger partial charge in [0.2, 0.25) is 0 Å². The van der Waals surface area contributed by atoms with E-state index in [9.17, 15) is 18.4 Å². The number of halogens is 2. The number of anilines is 1. The van der Waals surface area contributed by atoms with E-state index < -0.39 is 23.5 Å². The third-order valence-corrected chi connectivity index (χ3v) is 2.90. The average Bonchev–Trinajstić information content (AvgIpc) is 2.41. The Hall–Kier alpha value is -2.76. The molecule has 21 heavy (non-hydrogen) atoms. The molecular weight excluding hydrogens is 280 g/mol.